The summed E-state index contributed by atoms with van der Waals surface area (Å²) in [6.07, 6.45) is 0.938. The number of nitro groups is 1. The highest BCUT2D eigenvalue weighted by molar-refractivity contribution is 5.95. The van der Waals surface area contributed by atoms with Crippen LogP contribution in [0, 0.1) is 16.0 Å². The maximum atomic E-state index is 12.3. The summed E-state index contributed by atoms with van der Waals surface area (Å²) < 4.78 is 0. The molecule has 1 fully saturated rings. The Morgan fingerprint density at radius 2 is 2.16 bits per heavy atom. The molecule has 1 saturated heterocycles. The van der Waals surface area contributed by atoms with E-state index in [4.69, 9.17) is 0 Å². The van der Waals surface area contributed by atoms with Crippen LogP contribution in [0.5, 0.6) is 5.75 Å². The molecule has 6 heteroatoms. The molecule has 1 aromatic carbocycles. The quantitative estimate of drug-likeness (QED) is 0.655. The van der Waals surface area contributed by atoms with Crippen LogP contribution in [-0.2, 0) is 0 Å². The molecule has 1 N–H and O–H groups in total. The van der Waals surface area contributed by atoms with E-state index in [0.717, 1.165) is 12.5 Å². The highest BCUT2D eigenvalue weighted by atomic mass is 16.6. The minimum atomic E-state index is -0.692. The topological polar surface area (TPSA) is 83.7 Å². The van der Waals surface area contributed by atoms with E-state index in [0.29, 0.717) is 12.5 Å². The summed E-state index contributed by atoms with van der Waals surface area (Å²) in [5.74, 6) is -0.222. The molecule has 0 spiro atoms. The van der Waals surface area contributed by atoms with Gasteiger partial charge in [0.05, 0.1) is 4.92 Å². The number of hydrogen-bond acceptors (Lipinski definition) is 4. The van der Waals surface area contributed by atoms with Gasteiger partial charge in [0.2, 0.25) is 0 Å². The zero-order valence-corrected chi connectivity index (χ0v) is 10.9. The van der Waals surface area contributed by atoms with Gasteiger partial charge in [0.15, 0.2) is 5.75 Å². The molecule has 0 aliphatic carbocycles. The second-order valence-corrected chi connectivity index (χ2v) is 4.97. The lowest BCUT2D eigenvalue weighted by Crippen LogP contribution is -2.35. The highest BCUT2D eigenvalue weighted by Crippen LogP contribution is 2.29. The van der Waals surface area contributed by atoms with Crippen LogP contribution < -0.4 is 0 Å². The molecule has 2 unspecified atom stereocenters. The third-order valence-electron chi connectivity index (χ3n) is 3.82. The first-order valence-corrected chi connectivity index (χ1v) is 6.20. The first-order chi connectivity index (χ1) is 8.91. The van der Waals surface area contributed by atoms with E-state index < -0.39 is 16.4 Å². The van der Waals surface area contributed by atoms with Gasteiger partial charge in [0.1, 0.15) is 0 Å². The number of phenolic OH excluding ortho intramolecular Hbond substituents is 1. The van der Waals surface area contributed by atoms with Gasteiger partial charge in [-0.05, 0) is 31.4 Å². The van der Waals surface area contributed by atoms with Crippen molar-refractivity contribution in [2.24, 2.45) is 5.92 Å². The van der Waals surface area contributed by atoms with Gasteiger partial charge in [-0.15, -0.1) is 0 Å². The Morgan fingerprint density at radius 1 is 1.47 bits per heavy atom. The number of nitrogens with zero attached hydrogens (tertiary/aromatic N) is 2. The van der Waals surface area contributed by atoms with E-state index in [2.05, 4.69) is 6.92 Å². The lowest BCUT2D eigenvalue weighted by Gasteiger charge is -2.23. The summed E-state index contributed by atoms with van der Waals surface area (Å²) in [5.41, 5.74) is -0.198. The fraction of sp³-hybridized carbons (Fsp3) is 0.462. The fourth-order valence-electron chi connectivity index (χ4n) is 2.35. The molecule has 0 aromatic heterocycles. The van der Waals surface area contributed by atoms with Crippen LogP contribution in [0.15, 0.2) is 18.2 Å². The summed E-state index contributed by atoms with van der Waals surface area (Å²) in [5, 5.41) is 20.1. The van der Waals surface area contributed by atoms with Crippen LogP contribution in [-0.4, -0.2) is 33.4 Å². The zero-order chi connectivity index (χ0) is 14.2. The third-order valence-corrected chi connectivity index (χ3v) is 3.82. The SMILES string of the molecule is CC1CCN(C(=O)c2ccc(O)c([N+](=O)[O-])c2)C1C. The molecule has 1 aliphatic heterocycles. The van der Waals surface area contributed by atoms with E-state index in [9.17, 15) is 20.0 Å². The predicted octanol–water partition coefficient (Wildman–Crippen LogP) is 2.17. The highest BCUT2D eigenvalue weighted by Gasteiger charge is 2.32. The molecule has 0 radical (unpaired) electrons. The van der Waals surface area contributed by atoms with Crippen LogP contribution in [0.1, 0.15) is 30.6 Å². The van der Waals surface area contributed by atoms with Gasteiger partial charge in [0, 0.05) is 24.2 Å². The zero-order valence-electron chi connectivity index (χ0n) is 10.9. The van der Waals surface area contributed by atoms with E-state index in [1.54, 1.807) is 4.90 Å². The van der Waals surface area contributed by atoms with Gasteiger partial charge in [-0.2, -0.15) is 0 Å². The van der Waals surface area contributed by atoms with E-state index in [-0.39, 0.29) is 17.5 Å². The van der Waals surface area contributed by atoms with Crippen LogP contribution in [0.2, 0.25) is 0 Å². The van der Waals surface area contributed by atoms with Crippen LogP contribution in [0.4, 0.5) is 5.69 Å². The van der Waals surface area contributed by atoms with E-state index in [1.807, 2.05) is 6.92 Å². The van der Waals surface area contributed by atoms with Crippen LogP contribution in [0.25, 0.3) is 0 Å². The van der Waals surface area contributed by atoms with Crippen molar-refractivity contribution in [1.82, 2.24) is 4.90 Å². The summed E-state index contributed by atoms with van der Waals surface area (Å²) in [6, 6.07) is 3.86. The number of amides is 1. The van der Waals surface area contributed by atoms with Gasteiger partial charge in [-0.1, -0.05) is 6.92 Å². The molecule has 0 bridgehead atoms. The monoisotopic (exact) mass is 264 g/mol. The first-order valence-electron chi connectivity index (χ1n) is 6.20. The van der Waals surface area contributed by atoms with Crippen LogP contribution in [0.3, 0.4) is 0 Å². The first kappa shape index (κ1) is 13.3. The molecule has 1 amide bonds. The molecule has 19 heavy (non-hydrogen) atoms. The Morgan fingerprint density at radius 3 is 2.68 bits per heavy atom. The maximum Gasteiger partial charge on any atom is 0.311 e. The Bertz CT molecular complexity index is 529. The van der Waals surface area contributed by atoms with Crippen molar-refractivity contribution in [2.75, 3.05) is 6.54 Å². The Hall–Kier alpha value is -2.11. The van der Waals surface area contributed by atoms with E-state index >= 15 is 0 Å². The number of likely N-dealkylation sites (tertiary alicyclic amines) is 1. The van der Waals surface area contributed by atoms with Crippen molar-refractivity contribution in [2.45, 2.75) is 26.3 Å². The number of phenols is 1. The van der Waals surface area contributed by atoms with Crippen LogP contribution >= 0.6 is 0 Å². The van der Waals surface area contributed by atoms with Gasteiger partial charge in [0.25, 0.3) is 5.91 Å². The standard InChI is InChI=1S/C13H16N2O4/c1-8-5-6-14(9(8)2)13(17)10-3-4-12(16)11(7-10)15(18)19/h3-4,7-9,16H,5-6H2,1-2H3. The van der Waals surface area contributed by atoms with Gasteiger partial charge >= 0.3 is 5.69 Å². The van der Waals surface area contributed by atoms with Crippen molar-refractivity contribution in [3.05, 3.63) is 33.9 Å². The lowest BCUT2D eigenvalue weighted by atomic mass is 10.0. The number of benzene rings is 1. The fourth-order valence-corrected chi connectivity index (χ4v) is 2.35. The molecule has 1 aromatic rings. The summed E-state index contributed by atoms with van der Waals surface area (Å²) >= 11 is 0. The van der Waals surface area contributed by atoms with Gasteiger partial charge in [-0.25, -0.2) is 0 Å². The Kier molecular flexibility index (Phi) is 3.42. The molecule has 2 rings (SSSR count). The number of hydrogen-bond donors (Lipinski definition) is 1. The molecule has 6 nitrogen and oxygen atoms in total. The average molecular weight is 264 g/mol. The van der Waals surface area contributed by atoms with Crippen molar-refractivity contribution in [3.63, 3.8) is 0 Å². The second-order valence-electron chi connectivity index (χ2n) is 4.97. The number of nitro benzene ring substituents is 1. The number of aromatic hydroxyl groups is 1. The second kappa shape index (κ2) is 4.87. The van der Waals surface area contributed by atoms with Gasteiger partial charge < -0.3 is 10.0 Å². The molecule has 2 atom stereocenters. The molecule has 1 heterocycles. The summed E-state index contributed by atoms with van der Waals surface area (Å²) in [4.78, 5) is 24.1. The lowest BCUT2D eigenvalue weighted by molar-refractivity contribution is -0.385. The molecular formula is C13H16N2O4. The number of rotatable bonds is 2. The summed E-state index contributed by atoms with van der Waals surface area (Å²) in [7, 11) is 0. The molecule has 0 saturated carbocycles. The van der Waals surface area contributed by atoms with Crippen molar-refractivity contribution >= 4 is 11.6 Å². The van der Waals surface area contributed by atoms with E-state index in [1.165, 1.54) is 12.1 Å². The molecule has 1 aliphatic rings. The Labute approximate surface area is 110 Å². The predicted molar refractivity (Wildman–Crippen MR) is 69.0 cm³/mol. The van der Waals surface area contributed by atoms with Crippen molar-refractivity contribution in [3.8, 4) is 5.75 Å². The third kappa shape index (κ3) is 2.38. The minimum absolute atomic E-state index is 0.125. The normalized spacial score (nSPS) is 22.5. The van der Waals surface area contributed by atoms with Gasteiger partial charge in [-0.3, -0.25) is 14.9 Å². The van der Waals surface area contributed by atoms with Crippen molar-refractivity contribution in [1.29, 1.82) is 0 Å². The maximum absolute atomic E-state index is 12.3. The largest absolute Gasteiger partial charge is 0.502 e. The van der Waals surface area contributed by atoms with Crippen molar-refractivity contribution < 1.29 is 14.8 Å². The summed E-state index contributed by atoms with van der Waals surface area (Å²) in [6.45, 7) is 4.72. The molecule has 102 valence electrons. The smallest absolute Gasteiger partial charge is 0.311 e. The molecular weight excluding hydrogens is 248 g/mol. The minimum Gasteiger partial charge on any atom is -0.502 e. The average Bonchev–Trinajstić information content (AvgIpc) is 2.69. The number of carbonyl (C=O) groups is 1. The Balaban J connectivity index is 2.30. The number of carbonyl (C=O) groups excluding carboxylic acids is 1.